The van der Waals surface area contributed by atoms with Crippen molar-refractivity contribution in [3.05, 3.63) is 35.4 Å². The lowest BCUT2D eigenvalue weighted by Crippen LogP contribution is -2.43. The summed E-state index contributed by atoms with van der Waals surface area (Å²) >= 11 is 0. The largest absolute Gasteiger partial charge is 0.381 e. The van der Waals surface area contributed by atoms with E-state index >= 15 is 0 Å². The van der Waals surface area contributed by atoms with Crippen molar-refractivity contribution in [3.8, 4) is 0 Å². The minimum Gasteiger partial charge on any atom is -0.381 e. The van der Waals surface area contributed by atoms with E-state index < -0.39 is 23.1 Å². The molecule has 0 spiro atoms. The zero-order valence-corrected chi connectivity index (χ0v) is 10.7. The summed E-state index contributed by atoms with van der Waals surface area (Å²) in [6.07, 6.45) is 0.398. The average molecular weight is 257 g/mol. The number of hydrogen-bond donors (Lipinski definition) is 1. The summed E-state index contributed by atoms with van der Waals surface area (Å²) in [5.41, 5.74) is -0.827. The third-order valence-electron chi connectivity index (χ3n) is 2.59. The molecule has 0 aliphatic carbocycles. The van der Waals surface area contributed by atoms with Gasteiger partial charge in [0.05, 0.1) is 0 Å². The van der Waals surface area contributed by atoms with E-state index in [0.717, 1.165) is 12.1 Å². The molecule has 0 unspecified atom stereocenters. The second kappa shape index (κ2) is 5.44. The molecule has 0 bridgehead atoms. The first-order valence-electron chi connectivity index (χ1n) is 5.63. The third-order valence-corrected chi connectivity index (χ3v) is 2.59. The van der Waals surface area contributed by atoms with Crippen LogP contribution in [0.5, 0.6) is 0 Å². The molecule has 0 heterocycles. The number of rotatable bonds is 4. The standard InChI is InChI=1S/C13H17F2NO2/c1-13(2,18)12(17)16(3)7-6-9-4-5-10(14)11(15)8-9/h4-5,8,18H,6-7H2,1-3H3. The highest BCUT2D eigenvalue weighted by molar-refractivity contribution is 5.83. The Kier molecular flexibility index (Phi) is 4.40. The smallest absolute Gasteiger partial charge is 0.253 e. The van der Waals surface area contributed by atoms with Crippen molar-refractivity contribution in [2.45, 2.75) is 25.9 Å². The van der Waals surface area contributed by atoms with Crippen LogP contribution < -0.4 is 0 Å². The fourth-order valence-corrected chi connectivity index (χ4v) is 1.56. The lowest BCUT2D eigenvalue weighted by molar-refractivity contribution is -0.146. The van der Waals surface area contributed by atoms with Crippen molar-refractivity contribution in [1.82, 2.24) is 4.90 Å². The van der Waals surface area contributed by atoms with Crippen LogP contribution in [0.25, 0.3) is 0 Å². The number of carbonyl (C=O) groups is 1. The highest BCUT2D eigenvalue weighted by Crippen LogP contribution is 2.11. The van der Waals surface area contributed by atoms with Gasteiger partial charge in [0.15, 0.2) is 11.6 Å². The van der Waals surface area contributed by atoms with Crippen LogP contribution >= 0.6 is 0 Å². The van der Waals surface area contributed by atoms with Gasteiger partial charge < -0.3 is 10.0 Å². The molecular formula is C13H17F2NO2. The molecule has 0 atom stereocenters. The van der Waals surface area contributed by atoms with Crippen molar-refractivity contribution in [3.63, 3.8) is 0 Å². The van der Waals surface area contributed by atoms with Crippen LogP contribution in [-0.2, 0) is 11.2 Å². The Morgan fingerprint density at radius 3 is 2.44 bits per heavy atom. The van der Waals surface area contributed by atoms with Crippen LogP contribution in [0.3, 0.4) is 0 Å². The van der Waals surface area contributed by atoms with Gasteiger partial charge in [-0.3, -0.25) is 4.79 Å². The van der Waals surface area contributed by atoms with Crippen molar-refractivity contribution in [2.24, 2.45) is 0 Å². The maximum atomic E-state index is 13.0. The number of aliphatic hydroxyl groups is 1. The van der Waals surface area contributed by atoms with Crippen LogP contribution in [0, 0.1) is 11.6 Å². The van der Waals surface area contributed by atoms with Gasteiger partial charge in [0.2, 0.25) is 0 Å². The predicted molar refractivity (Wildman–Crippen MR) is 64.0 cm³/mol. The number of halogens is 2. The molecule has 0 fully saturated rings. The topological polar surface area (TPSA) is 40.5 Å². The monoisotopic (exact) mass is 257 g/mol. The highest BCUT2D eigenvalue weighted by Gasteiger charge is 2.26. The zero-order valence-electron chi connectivity index (χ0n) is 10.7. The first kappa shape index (κ1) is 14.6. The average Bonchev–Trinajstić information content (AvgIpc) is 2.28. The van der Waals surface area contributed by atoms with Gasteiger partial charge in [-0.2, -0.15) is 0 Å². The second-order valence-electron chi connectivity index (χ2n) is 4.78. The zero-order chi connectivity index (χ0) is 13.9. The quantitative estimate of drug-likeness (QED) is 0.892. The molecule has 18 heavy (non-hydrogen) atoms. The molecule has 1 rings (SSSR count). The molecule has 1 N–H and O–H groups in total. The van der Waals surface area contributed by atoms with E-state index in [0.29, 0.717) is 18.5 Å². The summed E-state index contributed by atoms with van der Waals surface area (Å²) < 4.78 is 25.7. The van der Waals surface area contributed by atoms with Gasteiger partial charge in [0, 0.05) is 13.6 Å². The molecule has 0 saturated carbocycles. The summed E-state index contributed by atoms with van der Waals surface area (Å²) in [5, 5.41) is 9.53. The van der Waals surface area contributed by atoms with E-state index in [1.54, 1.807) is 7.05 Å². The summed E-state index contributed by atoms with van der Waals surface area (Å²) in [5.74, 6) is -2.20. The predicted octanol–water partition coefficient (Wildman–Crippen LogP) is 1.74. The van der Waals surface area contributed by atoms with Crippen molar-refractivity contribution in [2.75, 3.05) is 13.6 Å². The van der Waals surface area contributed by atoms with E-state index in [2.05, 4.69) is 0 Å². The minimum absolute atomic E-state index is 0.327. The Bertz CT molecular complexity index is 441. The number of hydrogen-bond acceptors (Lipinski definition) is 2. The van der Waals surface area contributed by atoms with Gasteiger partial charge in [-0.05, 0) is 38.0 Å². The Morgan fingerprint density at radius 2 is 1.94 bits per heavy atom. The lowest BCUT2D eigenvalue weighted by Gasteiger charge is -2.24. The van der Waals surface area contributed by atoms with Crippen LogP contribution in [0.1, 0.15) is 19.4 Å². The van der Waals surface area contributed by atoms with Gasteiger partial charge in [0.25, 0.3) is 5.91 Å². The molecule has 3 nitrogen and oxygen atoms in total. The maximum absolute atomic E-state index is 13.0. The Morgan fingerprint density at radius 1 is 1.33 bits per heavy atom. The fraction of sp³-hybridized carbons (Fsp3) is 0.462. The highest BCUT2D eigenvalue weighted by atomic mass is 19.2. The molecule has 1 aromatic rings. The Balaban J connectivity index is 2.60. The number of likely N-dealkylation sites (N-methyl/N-ethyl adjacent to an activating group) is 1. The van der Waals surface area contributed by atoms with E-state index in [4.69, 9.17) is 0 Å². The molecule has 0 saturated heterocycles. The summed E-state index contributed by atoms with van der Waals surface area (Å²) in [7, 11) is 1.56. The van der Waals surface area contributed by atoms with Crippen molar-refractivity contribution >= 4 is 5.91 Å². The molecular weight excluding hydrogens is 240 g/mol. The summed E-state index contributed by atoms with van der Waals surface area (Å²) in [4.78, 5) is 13.0. The number of amides is 1. The van der Waals surface area contributed by atoms with Gasteiger partial charge in [-0.1, -0.05) is 6.07 Å². The van der Waals surface area contributed by atoms with E-state index in [1.807, 2.05) is 0 Å². The summed E-state index contributed by atoms with van der Waals surface area (Å²) in [6, 6.07) is 3.64. The van der Waals surface area contributed by atoms with Crippen LogP contribution in [0.4, 0.5) is 8.78 Å². The first-order chi connectivity index (χ1) is 8.21. The molecule has 5 heteroatoms. The third kappa shape index (κ3) is 3.77. The van der Waals surface area contributed by atoms with Gasteiger partial charge in [-0.15, -0.1) is 0 Å². The van der Waals surface area contributed by atoms with E-state index in [-0.39, 0.29) is 0 Å². The second-order valence-corrected chi connectivity index (χ2v) is 4.78. The van der Waals surface area contributed by atoms with Crippen LogP contribution in [0.15, 0.2) is 18.2 Å². The molecule has 0 aromatic heterocycles. The molecule has 0 radical (unpaired) electrons. The van der Waals surface area contributed by atoms with Gasteiger partial charge in [-0.25, -0.2) is 8.78 Å². The number of nitrogens with zero attached hydrogens (tertiary/aromatic N) is 1. The normalized spacial score (nSPS) is 11.4. The number of benzene rings is 1. The maximum Gasteiger partial charge on any atom is 0.253 e. The van der Waals surface area contributed by atoms with Gasteiger partial charge >= 0.3 is 0 Å². The molecule has 100 valence electrons. The molecule has 1 aromatic carbocycles. The molecule has 1 amide bonds. The van der Waals surface area contributed by atoms with E-state index in [1.165, 1.54) is 24.8 Å². The number of carbonyl (C=O) groups excluding carboxylic acids is 1. The van der Waals surface area contributed by atoms with Crippen molar-refractivity contribution in [1.29, 1.82) is 0 Å². The lowest BCUT2D eigenvalue weighted by atomic mass is 10.1. The van der Waals surface area contributed by atoms with Gasteiger partial charge in [0.1, 0.15) is 5.60 Å². The first-order valence-corrected chi connectivity index (χ1v) is 5.63. The molecule has 0 aliphatic rings. The fourth-order valence-electron chi connectivity index (χ4n) is 1.56. The Labute approximate surface area is 105 Å². The van der Waals surface area contributed by atoms with Crippen molar-refractivity contribution < 1.29 is 18.7 Å². The summed E-state index contributed by atoms with van der Waals surface area (Å²) in [6.45, 7) is 3.14. The van der Waals surface area contributed by atoms with E-state index in [9.17, 15) is 18.7 Å². The SMILES string of the molecule is CN(CCc1ccc(F)c(F)c1)C(=O)C(C)(C)O. The van der Waals surface area contributed by atoms with Crippen LogP contribution in [-0.4, -0.2) is 35.1 Å². The minimum atomic E-state index is -1.43. The Hall–Kier alpha value is -1.49. The molecule has 0 aliphatic heterocycles. The van der Waals surface area contributed by atoms with Crippen LogP contribution in [0.2, 0.25) is 0 Å².